The molecule has 0 amide bonds. The minimum atomic E-state index is -0.400. The van der Waals surface area contributed by atoms with Gasteiger partial charge in [0.05, 0.1) is 18.1 Å². The highest BCUT2D eigenvalue weighted by Gasteiger charge is 2.34. The van der Waals surface area contributed by atoms with Crippen LogP contribution in [0.15, 0.2) is 30.3 Å². The molecule has 1 fully saturated rings. The molecule has 0 saturated heterocycles. The Balaban J connectivity index is 2.04. The summed E-state index contributed by atoms with van der Waals surface area (Å²) < 4.78 is 5.67. The minimum Gasteiger partial charge on any atom is -0.489 e. The van der Waals surface area contributed by atoms with Crippen molar-refractivity contribution >= 4 is 0 Å². The highest BCUT2D eigenvalue weighted by atomic mass is 16.5. The summed E-state index contributed by atoms with van der Waals surface area (Å²) in [5.74, 6) is 0.567. The van der Waals surface area contributed by atoms with Crippen LogP contribution in [-0.2, 0) is 0 Å². The van der Waals surface area contributed by atoms with Gasteiger partial charge in [-0.15, -0.1) is 0 Å². The molecule has 1 aliphatic carbocycles. The van der Waals surface area contributed by atoms with Gasteiger partial charge in [0.15, 0.2) is 0 Å². The van der Waals surface area contributed by atoms with Crippen LogP contribution in [-0.4, -0.2) is 17.3 Å². The van der Waals surface area contributed by atoms with Crippen LogP contribution in [0.2, 0.25) is 0 Å². The van der Waals surface area contributed by atoms with E-state index in [0.717, 1.165) is 5.75 Å². The number of benzene rings is 1. The van der Waals surface area contributed by atoms with Gasteiger partial charge in [0.25, 0.3) is 0 Å². The average molecular weight is 203 g/mol. The summed E-state index contributed by atoms with van der Waals surface area (Å²) in [6, 6.07) is 11.6. The number of aliphatic hydroxyl groups excluding tert-OH is 1. The molecule has 1 aromatic rings. The number of nitrogens with zero attached hydrogens (tertiary/aromatic N) is 1. The molecule has 0 spiro atoms. The molecule has 0 aliphatic heterocycles. The van der Waals surface area contributed by atoms with E-state index in [9.17, 15) is 5.11 Å². The summed E-state index contributed by atoms with van der Waals surface area (Å²) in [6.45, 7) is 0. The molecular weight excluding hydrogens is 190 g/mol. The maximum atomic E-state index is 9.45. The van der Waals surface area contributed by atoms with E-state index in [2.05, 4.69) is 6.07 Å². The number of rotatable bonds is 2. The maximum Gasteiger partial charge on any atom is 0.119 e. The molecule has 1 aliphatic rings. The molecule has 3 heteroatoms. The number of ether oxygens (including phenoxy) is 1. The number of hydrogen-bond donors (Lipinski definition) is 1. The van der Waals surface area contributed by atoms with Crippen LogP contribution in [0.3, 0.4) is 0 Å². The third-order valence-corrected chi connectivity index (χ3v) is 2.68. The number of nitriles is 1. The quantitative estimate of drug-likeness (QED) is 0.796. The van der Waals surface area contributed by atoms with E-state index in [4.69, 9.17) is 10.00 Å². The monoisotopic (exact) mass is 203 g/mol. The third-order valence-electron chi connectivity index (χ3n) is 2.68. The zero-order valence-corrected chi connectivity index (χ0v) is 8.34. The number of aliphatic hydroxyl groups is 1. The molecule has 1 saturated carbocycles. The van der Waals surface area contributed by atoms with Crippen molar-refractivity contribution in [1.82, 2.24) is 0 Å². The Bertz CT molecular complexity index is 358. The molecule has 0 unspecified atom stereocenters. The topological polar surface area (TPSA) is 53.2 Å². The van der Waals surface area contributed by atoms with Crippen LogP contribution >= 0.6 is 0 Å². The lowest BCUT2D eigenvalue weighted by Crippen LogP contribution is -2.20. The SMILES string of the molecule is N#C[C@H]1C[C@@H](O)C[C@@H]1Oc1ccccc1. The minimum absolute atomic E-state index is 0.174. The summed E-state index contributed by atoms with van der Waals surface area (Å²) in [7, 11) is 0. The highest BCUT2D eigenvalue weighted by molar-refractivity contribution is 5.22. The summed E-state index contributed by atoms with van der Waals surface area (Å²) in [5, 5.41) is 18.3. The Hall–Kier alpha value is -1.53. The number of para-hydroxylation sites is 1. The predicted molar refractivity (Wildman–Crippen MR) is 55.2 cm³/mol. The lowest BCUT2D eigenvalue weighted by atomic mass is 10.1. The summed E-state index contributed by atoms with van der Waals surface area (Å²) in [5.41, 5.74) is 0. The van der Waals surface area contributed by atoms with Crippen molar-refractivity contribution in [2.24, 2.45) is 5.92 Å². The molecule has 3 atom stereocenters. The standard InChI is InChI=1S/C12H13NO2/c13-8-9-6-10(14)7-12(9)15-11-4-2-1-3-5-11/h1-5,9-10,12,14H,6-7H2/t9-,10-,12+/m1/s1. The van der Waals surface area contributed by atoms with Gasteiger partial charge in [-0.05, 0) is 18.6 Å². The highest BCUT2D eigenvalue weighted by Crippen LogP contribution is 2.29. The van der Waals surface area contributed by atoms with Crippen LogP contribution in [0.4, 0.5) is 0 Å². The van der Waals surface area contributed by atoms with E-state index < -0.39 is 6.10 Å². The van der Waals surface area contributed by atoms with Crippen molar-refractivity contribution < 1.29 is 9.84 Å². The molecule has 3 nitrogen and oxygen atoms in total. The van der Waals surface area contributed by atoms with Crippen LogP contribution in [0.25, 0.3) is 0 Å². The molecular formula is C12H13NO2. The van der Waals surface area contributed by atoms with Crippen molar-refractivity contribution in [1.29, 1.82) is 5.26 Å². The Kier molecular flexibility index (Phi) is 2.89. The number of hydrogen-bond acceptors (Lipinski definition) is 3. The zero-order chi connectivity index (χ0) is 10.7. The fourth-order valence-electron chi connectivity index (χ4n) is 1.91. The van der Waals surface area contributed by atoms with Crippen LogP contribution in [0.5, 0.6) is 5.75 Å². The van der Waals surface area contributed by atoms with E-state index in [-0.39, 0.29) is 12.0 Å². The van der Waals surface area contributed by atoms with Gasteiger partial charge < -0.3 is 9.84 Å². The second-order valence-corrected chi connectivity index (χ2v) is 3.83. The molecule has 1 N–H and O–H groups in total. The van der Waals surface area contributed by atoms with Crippen molar-refractivity contribution in [3.63, 3.8) is 0 Å². The van der Waals surface area contributed by atoms with Gasteiger partial charge in [0, 0.05) is 6.42 Å². The fourth-order valence-corrected chi connectivity index (χ4v) is 1.91. The third kappa shape index (κ3) is 2.28. The van der Waals surface area contributed by atoms with Gasteiger partial charge in [-0.1, -0.05) is 18.2 Å². The fraction of sp³-hybridized carbons (Fsp3) is 0.417. The Labute approximate surface area is 88.9 Å². The molecule has 0 bridgehead atoms. The van der Waals surface area contributed by atoms with E-state index in [0.29, 0.717) is 12.8 Å². The molecule has 0 radical (unpaired) electrons. The van der Waals surface area contributed by atoms with Crippen molar-refractivity contribution in [3.05, 3.63) is 30.3 Å². The summed E-state index contributed by atoms with van der Waals surface area (Å²) >= 11 is 0. The van der Waals surface area contributed by atoms with Crippen molar-refractivity contribution in [2.45, 2.75) is 25.0 Å². The summed E-state index contributed by atoms with van der Waals surface area (Å²) in [4.78, 5) is 0. The van der Waals surface area contributed by atoms with Gasteiger partial charge in [-0.25, -0.2) is 0 Å². The molecule has 0 heterocycles. The molecule has 15 heavy (non-hydrogen) atoms. The van der Waals surface area contributed by atoms with Crippen LogP contribution in [0.1, 0.15) is 12.8 Å². The van der Waals surface area contributed by atoms with E-state index in [1.807, 2.05) is 30.3 Å². The van der Waals surface area contributed by atoms with Gasteiger partial charge in [0.1, 0.15) is 11.9 Å². The second kappa shape index (κ2) is 4.33. The second-order valence-electron chi connectivity index (χ2n) is 3.83. The first-order valence-electron chi connectivity index (χ1n) is 5.09. The van der Waals surface area contributed by atoms with E-state index >= 15 is 0 Å². The average Bonchev–Trinajstić information content (AvgIpc) is 2.60. The Morgan fingerprint density at radius 3 is 2.67 bits per heavy atom. The molecule has 0 aromatic heterocycles. The normalized spacial score (nSPS) is 29.7. The first-order chi connectivity index (χ1) is 7.29. The van der Waals surface area contributed by atoms with Gasteiger partial charge in [0.2, 0.25) is 0 Å². The zero-order valence-electron chi connectivity index (χ0n) is 8.34. The molecule has 78 valence electrons. The molecule has 1 aromatic carbocycles. The van der Waals surface area contributed by atoms with E-state index in [1.54, 1.807) is 0 Å². The largest absolute Gasteiger partial charge is 0.489 e. The first-order valence-corrected chi connectivity index (χ1v) is 5.09. The van der Waals surface area contributed by atoms with Crippen molar-refractivity contribution in [2.75, 3.05) is 0 Å². The Morgan fingerprint density at radius 2 is 2.00 bits per heavy atom. The predicted octanol–water partition coefficient (Wildman–Crippen LogP) is 1.73. The lowest BCUT2D eigenvalue weighted by molar-refractivity contribution is 0.146. The van der Waals surface area contributed by atoms with Crippen molar-refractivity contribution in [3.8, 4) is 11.8 Å². The van der Waals surface area contributed by atoms with E-state index in [1.165, 1.54) is 0 Å². The summed E-state index contributed by atoms with van der Waals surface area (Å²) in [6.07, 6.45) is 0.497. The van der Waals surface area contributed by atoms with Crippen LogP contribution < -0.4 is 4.74 Å². The first kappa shape index (κ1) is 10.0. The van der Waals surface area contributed by atoms with Crippen LogP contribution in [0, 0.1) is 17.2 Å². The van der Waals surface area contributed by atoms with Gasteiger partial charge >= 0.3 is 0 Å². The smallest absolute Gasteiger partial charge is 0.119 e. The van der Waals surface area contributed by atoms with Gasteiger partial charge in [-0.2, -0.15) is 5.26 Å². The molecule has 2 rings (SSSR count). The van der Waals surface area contributed by atoms with Gasteiger partial charge in [-0.3, -0.25) is 0 Å². The lowest BCUT2D eigenvalue weighted by Gasteiger charge is -2.15. The Morgan fingerprint density at radius 1 is 1.27 bits per heavy atom. The maximum absolute atomic E-state index is 9.45.